The predicted molar refractivity (Wildman–Crippen MR) is 78.0 cm³/mol. The number of fused-ring (bicyclic) bond motifs is 2. The second-order valence-electron chi connectivity index (χ2n) is 5.15. The second kappa shape index (κ2) is 3.91. The number of thioether (sulfide) groups is 1. The highest BCUT2D eigenvalue weighted by molar-refractivity contribution is 8.04. The van der Waals surface area contributed by atoms with E-state index in [1.165, 1.54) is 10.5 Å². The third kappa shape index (κ3) is 2.01. The van der Waals surface area contributed by atoms with Crippen LogP contribution in [0.2, 0.25) is 0 Å². The maximum atomic E-state index is 5.84. The molecule has 0 spiro atoms. The molecule has 0 aromatic heterocycles. The maximum Gasteiger partial charge on any atom is 0.172 e. The molecule has 0 aromatic rings. The SMILES string of the molecule is CC1(C)CC2=C(CO1)SC1NC(=S)NC(=S)C21. The highest BCUT2D eigenvalue weighted by atomic mass is 32.2. The molecule has 0 aromatic carbocycles. The average Bonchev–Trinajstić information content (AvgIpc) is 2.53. The lowest BCUT2D eigenvalue weighted by Crippen LogP contribution is -2.55. The molecule has 0 amide bonds. The van der Waals surface area contributed by atoms with E-state index in [-0.39, 0.29) is 16.9 Å². The first-order valence-electron chi connectivity index (χ1n) is 5.60. The van der Waals surface area contributed by atoms with Crippen molar-refractivity contribution in [2.24, 2.45) is 5.92 Å². The van der Waals surface area contributed by atoms with Crippen molar-refractivity contribution >= 4 is 46.3 Å². The van der Waals surface area contributed by atoms with E-state index >= 15 is 0 Å². The molecule has 6 heteroatoms. The molecule has 0 saturated carbocycles. The van der Waals surface area contributed by atoms with Crippen molar-refractivity contribution < 1.29 is 4.74 Å². The zero-order chi connectivity index (χ0) is 12.2. The molecule has 3 nitrogen and oxygen atoms in total. The van der Waals surface area contributed by atoms with E-state index in [4.69, 9.17) is 29.2 Å². The van der Waals surface area contributed by atoms with Crippen LogP contribution in [0.3, 0.4) is 0 Å². The van der Waals surface area contributed by atoms with Gasteiger partial charge in [0.1, 0.15) is 0 Å². The van der Waals surface area contributed by atoms with Gasteiger partial charge in [0.05, 0.1) is 28.5 Å². The summed E-state index contributed by atoms with van der Waals surface area (Å²) in [6.07, 6.45) is 0.951. The summed E-state index contributed by atoms with van der Waals surface area (Å²) in [6.45, 7) is 4.97. The molecule has 1 saturated heterocycles. The fourth-order valence-corrected chi connectivity index (χ4v) is 4.76. The number of nitrogens with one attached hydrogen (secondary N) is 2. The van der Waals surface area contributed by atoms with Gasteiger partial charge in [0.15, 0.2) is 5.11 Å². The van der Waals surface area contributed by atoms with E-state index in [9.17, 15) is 0 Å². The third-order valence-corrected chi connectivity index (χ3v) is 5.19. The molecule has 3 aliphatic rings. The Balaban J connectivity index is 1.92. The van der Waals surface area contributed by atoms with Gasteiger partial charge in [-0.2, -0.15) is 0 Å². The van der Waals surface area contributed by atoms with Crippen molar-refractivity contribution in [3.8, 4) is 0 Å². The van der Waals surface area contributed by atoms with Crippen molar-refractivity contribution in [3.63, 3.8) is 0 Å². The topological polar surface area (TPSA) is 33.3 Å². The van der Waals surface area contributed by atoms with Crippen LogP contribution in [0.25, 0.3) is 0 Å². The van der Waals surface area contributed by atoms with Gasteiger partial charge < -0.3 is 15.4 Å². The maximum absolute atomic E-state index is 5.84. The Bertz CT molecular complexity index is 444. The fraction of sp³-hybridized carbons (Fsp3) is 0.636. The Morgan fingerprint density at radius 3 is 2.94 bits per heavy atom. The van der Waals surface area contributed by atoms with Crippen LogP contribution in [0.5, 0.6) is 0 Å². The molecular weight excluding hydrogens is 272 g/mol. The van der Waals surface area contributed by atoms with Gasteiger partial charge in [-0.15, -0.1) is 11.8 Å². The van der Waals surface area contributed by atoms with E-state index in [1.54, 1.807) is 0 Å². The van der Waals surface area contributed by atoms with E-state index in [0.717, 1.165) is 11.4 Å². The van der Waals surface area contributed by atoms with Crippen molar-refractivity contribution in [2.45, 2.75) is 31.2 Å². The van der Waals surface area contributed by atoms with Gasteiger partial charge in [-0.25, -0.2) is 0 Å². The number of thiocarbonyl (C=S) groups is 2. The molecule has 17 heavy (non-hydrogen) atoms. The minimum atomic E-state index is -0.0815. The summed E-state index contributed by atoms with van der Waals surface area (Å²) in [5.74, 6) is 0.278. The first kappa shape index (κ1) is 11.9. The van der Waals surface area contributed by atoms with Crippen LogP contribution in [0, 0.1) is 5.92 Å². The van der Waals surface area contributed by atoms with Gasteiger partial charge in [-0.3, -0.25) is 0 Å². The van der Waals surface area contributed by atoms with E-state index in [0.29, 0.717) is 11.7 Å². The number of rotatable bonds is 0. The van der Waals surface area contributed by atoms with Crippen LogP contribution < -0.4 is 10.6 Å². The highest BCUT2D eigenvalue weighted by Gasteiger charge is 2.45. The molecule has 0 aliphatic carbocycles. The Kier molecular flexibility index (Phi) is 2.74. The molecule has 2 atom stereocenters. The van der Waals surface area contributed by atoms with Crippen LogP contribution in [0.1, 0.15) is 20.3 Å². The van der Waals surface area contributed by atoms with E-state index in [1.807, 2.05) is 11.8 Å². The minimum Gasteiger partial charge on any atom is -0.370 e. The molecule has 3 heterocycles. The van der Waals surface area contributed by atoms with Gasteiger partial charge in [-0.1, -0.05) is 12.2 Å². The lowest BCUT2D eigenvalue weighted by Gasteiger charge is -2.35. The Morgan fingerprint density at radius 2 is 2.18 bits per heavy atom. The molecule has 2 N–H and O–H groups in total. The monoisotopic (exact) mass is 286 g/mol. The van der Waals surface area contributed by atoms with Gasteiger partial charge in [-0.05, 0) is 38.1 Å². The van der Waals surface area contributed by atoms with E-state index < -0.39 is 0 Å². The van der Waals surface area contributed by atoms with Crippen molar-refractivity contribution in [3.05, 3.63) is 10.5 Å². The van der Waals surface area contributed by atoms with E-state index in [2.05, 4.69) is 24.5 Å². The van der Waals surface area contributed by atoms with Crippen LogP contribution in [-0.2, 0) is 4.74 Å². The molecule has 0 bridgehead atoms. The van der Waals surface area contributed by atoms with Crippen LogP contribution >= 0.6 is 36.2 Å². The molecule has 1 fully saturated rings. The molecule has 3 aliphatic heterocycles. The van der Waals surface area contributed by atoms with Gasteiger partial charge in [0.25, 0.3) is 0 Å². The average molecular weight is 286 g/mol. The lowest BCUT2D eigenvalue weighted by atomic mass is 9.86. The lowest BCUT2D eigenvalue weighted by molar-refractivity contribution is -0.0120. The normalized spacial score (nSPS) is 34.9. The minimum absolute atomic E-state index is 0.0815. The first-order valence-corrected chi connectivity index (χ1v) is 7.30. The number of hydrogen-bond acceptors (Lipinski definition) is 4. The zero-order valence-corrected chi connectivity index (χ0v) is 12.2. The molecule has 2 unspecified atom stereocenters. The van der Waals surface area contributed by atoms with Crippen LogP contribution in [0.4, 0.5) is 0 Å². The summed E-state index contributed by atoms with van der Waals surface area (Å²) in [7, 11) is 0. The Morgan fingerprint density at radius 1 is 1.41 bits per heavy atom. The van der Waals surface area contributed by atoms with Crippen molar-refractivity contribution in [1.29, 1.82) is 0 Å². The first-order chi connectivity index (χ1) is 7.96. The Hall–Kier alpha value is -0.170. The van der Waals surface area contributed by atoms with Crippen LogP contribution in [-0.4, -0.2) is 27.7 Å². The molecule has 3 rings (SSSR count). The highest BCUT2D eigenvalue weighted by Crippen LogP contribution is 2.48. The molecule has 92 valence electrons. The summed E-state index contributed by atoms with van der Waals surface area (Å²) < 4.78 is 5.84. The number of hydrogen-bond donors (Lipinski definition) is 2. The second-order valence-corrected chi connectivity index (χ2v) is 7.24. The Labute approximate surface area is 116 Å². The zero-order valence-electron chi connectivity index (χ0n) is 9.70. The summed E-state index contributed by atoms with van der Waals surface area (Å²) in [6, 6.07) is 0. The summed E-state index contributed by atoms with van der Waals surface area (Å²) in [4.78, 5) is 2.19. The summed E-state index contributed by atoms with van der Waals surface area (Å²) in [5, 5.41) is 7.27. The predicted octanol–water partition coefficient (Wildman–Crippen LogP) is 1.93. The van der Waals surface area contributed by atoms with Crippen molar-refractivity contribution in [2.75, 3.05) is 6.61 Å². The molecule has 0 radical (unpaired) electrons. The van der Waals surface area contributed by atoms with Gasteiger partial charge >= 0.3 is 0 Å². The smallest absolute Gasteiger partial charge is 0.172 e. The largest absolute Gasteiger partial charge is 0.370 e. The van der Waals surface area contributed by atoms with Gasteiger partial charge in [0.2, 0.25) is 0 Å². The van der Waals surface area contributed by atoms with Crippen LogP contribution in [0.15, 0.2) is 10.5 Å². The third-order valence-electron chi connectivity index (χ3n) is 3.31. The van der Waals surface area contributed by atoms with Crippen molar-refractivity contribution in [1.82, 2.24) is 10.6 Å². The van der Waals surface area contributed by atoms with Gasteiger partial charge in [0, 0.05) is 4.91 Å². The molecular formula is C11H14N2OS3. The summed E-state index contributed by atoms with van der Waals surface area (Å²) >= 11 is 12.4. The number of ether oxygens (including phenoxy) is 1. The standard InChI is InChI=1S/C11H14N2OS3/c1-11(2)3-5-6(4-14-11)17-9-7(5)8(15)12-10(16)13-9/h7,9H,3-4H2,1-2H3,(H2,12,13,15,16). The fourth-order valence-electron chi connectivity index (χ4n) is 2.52. The quantitative estimate of drug-likeness (QED) is 0.662. The summed E-state index contributed by atoms with van der Waals surface area (Å²) in [5.41, 5.74) is 1.35.